The average Bonchev–Trinajstić information content (AvgIpc) is 2.81. The molecule has 1 aromatic heterocycles. The Bertz CT molecular complexity index is 412. The van der Waals surface area contributed by atoms with E-state index in [1.165, 1.54) is 0 Å². The molecular weight excluding hydrogens is 216 g/mol. The van der Waals surface area contributed by atoms with Crippen molar-refractivity contribution in [2.24, 2.45) is 5.73 Å². The summed E-state index contributed by atoms with van der Waals surface area (Å²) in [6.45, 7) is 6.91. The van der Waals surface area contributed by atoms with E-state index in [1.807, 2.05) is 42.7 Å². The predicted octanol–water partition coefficient (Wildman–Crippen LogP) is 0.912. The molecule has 0 spiro atoms. The van der Waals surface area contributed by atoms with E-state index in [0.717, 1.165) is 12.1 Å². The Morgan fingerprint density at radius 1 is 1.59 bits per heavy atom. The molecule has 2 heterocycles. The lowest BCUT2D eigenvalue weighted by Gasteiger charge is -2.29. The van der Waals surface area contributed by atoms with E-state index < -0.39 is 0 Å². The predicted molar refractivity (Wildman–Crippen MR) is 65.2 cm³/mol. The molecule has 0 saturated carbocycles. The third-order valence-corrected chi connectivity index (χ3v) is 3.28. The number of nitrogens with two attached hydrogens (primary N) is 1. The Morgan fingerprint density at radius 2 is 2.29 bits per heavy atom. The fourth-order valence-electron chi connectivity index (χ4n) is 2.50. The topological polar surface area (TPSA) is 64.2 Å². The molecular formula is C12H20N4O. The van der Waals surface area contributed by atoms with Crippen LogP contribution in [0.25, 0.3) is 0 Å². The Labute approximate surface area is 102 Å². The van der Waals surface area contributed by atoms with Crippen LogP contribution in [0.2, 0.25) is 0 Å². The normalized spacial score (nSPS) is 25.0. The molecule has 1 amide bonds. The van der Waals surface area contributed by atoms with E-state index in [1.54, 1.807) is 0 Å². The molecule has 17 heavy (non-hydrogen) atoms. The number of hydrogen-bond acceptors (Lipinski definition) is 3. The molecule has 0 bridgehead atoms. The number of carbonyl (C=O) groups excluding carboxylic acids is 1. The molecule has 2 N–H and O–H groups in total. The number of likely N-dealkylation sites (tertiary alicyclic amines) is 1. The highest BCUT2D eigenvalue weighted by Crippen LogP contribution is 2.33. The Hall–Kier alpha value is -1.36. The maximum Gasteiger partial charge on any atom is 0.225 e. The van der Waals surface area contributed by atoms with Crippen LogP contribution in [0.5, 0.6) is 0 Å². The largest absolute Gasteiger partial charge is 0.331 e. The SMILES string of the molecule is CCn1cc(C2C(N)CC(=O)N2C(C)C)cn1. The van der Waals surface area contributed by atoms with E-state index in [4.69, 9.17) is 5.73 Å². The van der Waals surface area contributed by atoms with Gasteiger partial charge in [0.05, 0.1) is 12.2 Å². The smallest absolute Gasteiger partial charge is 0.225 e. The van der Waals surface area contributed by atoms with Gasteiger partial charge in [0, 0.05) is 36.8 Å². The van der Waals surface area contributed by atoms with Crippen LogP contribution >= 0.6 is 0 Å². The zero-order valence-corrected chi connectivity index (χ0v) is 10.6. The van der Waals surface area contributed by atoms with Crippen molar-refractivity contribution >= 4 is 5.91 Å². The molecule has 1 fully saturated rings. The van der Waals surface area contributed by atoms with Crippen LogP contribution in [-0.2, 0) is 11.3 Å². The van der Waals surface area contributed by atoms with E-state index >= 15 is 0 Å². The Kier molecular flexibility index (Phi) is 3.19. The third kappa shape index (κ3) is 2.07. The van der Waals surface area contributed by atoms with Crippen molar-refractivity contribution in [2.75, 3.05) is 0 Å². The zero-order chi connectivity index (χ0) is 12.6. The van der Waals surface area contributed by atoms with Gasteiger partial charge in [-0.1, -0.05) is 0 Å². The summed E-state index contributed by atoms with van der Waals surface area (Å²) in [5.41, 5.74) is 7.12. The minimum Gasteiger partial charge on any atom is -0.331 e. The van der Waals surface area contributed by atoms with E-state index in [9.17, 15) is 4.79 Å². The summed E-state index contributed by atoms with van der Waals surface area (Å²) in [5, 5.41) is 4.26. The third-order valence-electron chi connectivity index (χ3n) is 3.28. The summed E-state index contributed by atoms with van der Waals surface area (Å²) in [4.78, 5) is 13.8. The Balaban J connectivity index is 2.31. The first-order valence-corrected chi connectivity index (χ1v) is 6.13. The number of aryl methyl sites for hydroxylation is 1. The minimum absolute atomic E-state index is 0.0252. The summed E-state index contributed by atoms with van der Waals surface area (Å²) in [6.07, 6.45) is 4.24. The number of hydrogen-bond donors (Lipinski definition) is 1. The molecule has 5 heteroatoms. The van der Waals surface area contributed by atoms with Crippen molar-refractivity contribution < 1.29 is 4.79 Å². The lowest BCUT2D eigenvalue weighted by atomic mass is 10.0. The van der Waals surface area contributed by atoms with Gasteiger partial charge in [0.1, 0.15) is 0 Å². The fraction of sp³-hybridized carbons (Fsp3) is 0.667. The second-order valence-electron chi connectivity index (χ2n) is 4.84. The van der Waals surface area contributed by atoms with Gasteiger partial charge in [-0.25, -0.2) is 0 Å². The van der Waals surface area contributed by atoms with Crippen molar-refractivity contribution in [1.29, 1.82) is 0 Å². The number of nitrogens with zero attached hydrogens (tertiary/aromatic N) is 3. The molecule has 1 aliphatic heterocycles. The van der Waals surface area contributed by atoms with E-state index in [0.29, 0.717) is 6.42 Å². The summed E-state index contributed by atoms with van der Waals surface area (Å²) in [6, 6.07) is 0.0215. The summed E-state index contributed by atoms with van der Waals surface area (Å²) >= 11 is 0. The van der Waals surface area contributed by atoms with Crippen LogP contribution in [-0.4, -0.2) is 32.7 Å². The molecule has 0 aliphatic carbocycles. The van der Waals surface area contributed by atoms with Crippen LogP contribution in [0, 0.1) is 0 Å². The second-order valence-corrected chi connectivity index (χ2v) is 4.84. The second kappa shape index (κ2) is 4.49. The maximum absolute atomic E-state index is 11.9. The van der Waals surface area contributed by atoms with Gasteiger partial charge < -0.3 is 10.6 Å². The average molecular weight is 236 g/mol. The summed E-state index contributed by atoms with van der Waals surface area (Å²) < 4.78 is 1.86. The van der Waals surface area contributed by atoms with Gasteiger partial charge >= 0.3 is 0 Å². The van der Waals surface area contributed by atoms with Gasteiger partial charge in [-0.15, -0.1) is 0 Å². The van der Waals surface area contributed by atoms with Crippen molar-refractivity contribution in [1.82, 2.24) is 14.7 Å². The molecule has 5 nitrogen and oxygen atoms in total. The molecule has 0 aromatic carbocycles. The monoisotopic (exact) mass is 236 g/mol. The molecule has 94 valence electrons. The highest BCUT2D eigenvalue weighted by molar-refractivity contribution is 5.80. The lowest BCUT2D eigenvalue weighted by Crippen LogP contribution is -2.37. The van der Waals surface area contributed by atoms with Gasteiger partial charge in [-0.2, -0.15) is 5.10 Å². The van der Waals surface area contributed by atoms with Gasteiger partial charge in [0.25, 0.3) is 0 Å². The Morgan fingerprint density at radius 3 is 2.82 bits per heavy atom. The van der Waals surface area contributed by atoms with Gasteiger partial charge in [-0.05, 0) is 20.8 Å². The van der Waals surface area contributed by atoms with Crippen LogP contribution in [0.3, 0.4) is 0 Å². The van der Waals surface area contributed by atoms with Gasteiger partial charge in [0.15, 0.2) is 0 Å². The molecule has 1 saturated heterocycles. The summed E-state index contributed by atoms with van der Waals surface area (Å²) in [7, 11) is 0. The van der Waals surface area contributed by atoms with E-state index in [2.05, 4.69) is 5.10 Å². The highest BCUT2D eigenvalue weighted by atomic mass is 16.2. The number of amides is 1. The molecule has 2 unspecified atom stereocenters. The zero-order valence-electron chi connectivity index (χ0n) is 10.6. The number of rotatable bonds is 3. The first kappa shape index (κ1) is 12.1. The van der Waals surface area contributed by atoms with Crippen molar-refractivity contribution in [2.45, 2.75) is 51.9 Å². The fourth-order valence-corrected chi connectivity index (χ4v) is 2.50. The van der Waals surface area contributed by atoms with Crippen LogP contribution in [0.4, 0.5) is 0 Å². The first-order valence-electron chi connectivity index (χ1n) is 6.13. The number of carbonyl (C=O) groups is 1. The quantitative estimate of drug-likeness (QED) is 0.848. The summed E-state index contributed by atoms with van der Waals surface area (Å²) in [5.74, 6) is 0.141. The van der Waals surface area contributed by atoms with E-state index in [-0.39, 0.29) is 24.0 Å². The lowest BCUT2D eigenvalue weighted by molar-refractivity contribution is -0.130. The molecule has 2 atom stereocenters. The molecule has 1 aliphatic rings. The van der Waals surface area contributed by atoms with Crippen molar-refractivity contribution in [3.8, 4) is 0 Å². The molecule has 1 aromatic rings. The van der Waals surface area contributed by atoms with Gasteiger partial charge in [-0.3, -0.25) is 9.48 Å². The minimum atomic E-state index is -0.126. The van der Waals surface area contributed by atoms with Crippen LogP contribution in [0.15, 0.2) is 12.4 Å². The number of aromatic nitrogens is 2. The molecule has 0 radical (unpaired) electrons. The molecule has 2 rings (SSSR count). The van der Waals surface area contributed by atoms with Crippen molar-refractivity contribution in [3.63, 3.8) is 0 Å². The van der Waals surface area contributed by atoms with Crippen LogP contribution < -0.4 is 5.73 Å². The van der Waals surface area contributed by atoms with Crippen molar-refractivity contribution in [3.05, 3.63) is 18.0 Å². The van der Waals surface area contributed by atoms with Crippen LogP contribution in [0.1, 0.15) is 38.8 Å². The standard InChI is InChI=1S/C12H20N4O/c1-4-15-7-9(6-14-15)12-10(13)5-11(17)16(12)8(2)3/h6-8,10,12H,4-5,13H2,1-3H3. The maximum atomic E-state index is 11.9. The van der Waals surface area contributed by atoms with Gasteiger partial charge in [0.2, 0.25) is 5.91 Å². The highest BCUT2D eigenvalue weighted by Gasteiger charge is 2.40. The first-order chi connectivity index (χ1) is 8.04.